The van der Waals surface area contributed by atoms with Crippen LogP contribution in [0.25, 0.3) is 133 Å². The fourth-order valence-electron chi connectivity index (χ4n) is 19.7. The lowest BCUT2D eigenvalue weighted by Gasteiger charge is -2.40. The molecular weight excluding hydrogens is 1370 g/mol. The van der Waals surface area contributed by atoms with Crippen LogP contribution in [0.15, 0.2) is 419 Å². The molecule has 20 aromatic rings. The van der Waals surface area contributed by atoms with Gasteiger partial charge in [0.2, 0.25) is 0 Å². The molecule has 1 spiro atoms. The van der Waals surface area contributed by atoms with Gasteiger partial charge in [-0.15, -0.1) is 0 Å². The van der Waals surface area contributed by atoms with Crippen molar-refractivity contribution in [2.24, 2.45) is 0 Å². The maximum absolute atomic E-state index is 4.89. The lowest BCUT2D eigenvalue weighted by atomic mass is 9.65. The van der Waals surface area contributed by atoms with Crippen LogP contribution in [0, 0.1) is 0 Å². The summed E-state index contributed by atoms with van der Waals surface area (Å²) in [5.74, 6) is 1.08. The number of anilines is 3. The molecule has 530 valence electrons. The Balaban J connectivity index is 0.000000155. The molecule has 1 aliphatic heterocycles. The van der Waals surface area contributed by atoms with E-state index in [2.05, 4.69) is 440 Å². The highest BCUT2D eigenvalue weighted by atomic mass is 15.1. The Morgan fingerprint density at radius 3 is 1.21 bits per heavy atom. The van der Waals surface area contributed by atoms with Gasteiger partial charge >= 0.3 is 0 Å². The van der Waals surface area contributed by atoms with Gasteiger partial charge in [-0.1, -0.05) is 353 Å². The number of benzene rings is 18. The van der Waals surface area contributed by atoms with E-state index in [1.807, 2.05) is 0 Å². The van der Waals surface area contributed by atoms with Crippen LogP contribution in [0.3, 0.4) is 0 Å². The molecule has 1 atom stereocenters. The SMILES string of the molecule is CCc1nc2ccccc2n1-c1ccc(-c2c3ccccc3c(-c3ccc(-c4ccccc4)cc3)c3ccccc23)cc1.c1ccc(-c2ccc(N(c3ccc4c(c3)C(c3ccccc3)(c3ccccc3)c3ccccc3-4)c3ccc4c(c3)C3(c5ccccc5-4)c4ccccc4-n4c5ccccc5c5cccc3c54)cc2)cc1. The van der Waals surface area contributed by atoms with Crippen LogP contribution in [0.1, 0.15) is 57.3 Å². The lowest BCUT2D eigenvalue weighted by Crippen LogP contribution is -2.33. The maximum atomic E-state index is 4.89. The fraction of sp³-hybridized carbons (Fsp3) is 0.0367. The van der Waals surface area contributed by atoms with E-state index in [9.17, 15) is 0 Å². The van der Waals surface area contributed by atoms with Gasteiger partial charge in [0.05, 0.1) is 38.6 Å². The first kappa shape index (κ1) is 65.6. The Hall–Kier alpha value is -14.5. The summed E-state index contributed by atoms with van der Waals surface area (Å²) in [5.41, 5.74) is 34.5. The number of hydrogen-bond donors (Lipinski definition) is 0. The summed E-state index contributed by atoms with van der Waals surface area (Å²) in [4.78, 5) is 7.40. The van der Waals surface area contributed by atoms with Crippen LogP contribution in [0.5, 0.6) is 0 Å². The largest absolute Gasteiger partial charge is 0.310 e. The second-order valence-corrected chi connectivity index (χ2v) is 30.1. The van der Waals surface area contributed by atoms with E-state index in [1.165, 1.54) is 160 Å². The predicted octanol–water partition coefficient (Wildman–Crippen LogP) is 27.9. The van der Waals surface area contributed by atoms with Crippen molar-refractivity contribution < 1.29 is 0 Å². The molecule has 2 aromatic heterocycles. The molecule has 23 rings (SSSR count). The highest BCUT2D eigenvalue weighted by Gasteiger charge is 2.52. The van der Waals surface area contributed by atoms with Gasteiger partial charge in [-0.05, 0) is 206 Å². The molecule has 1 unspecified atom stereocenters. The second-order valence-electron chi connectivity index (χ2n) is 30.1. The molecule has 0 fully saturated rings. The van der Waals surface area contributed by atoms with E-state index in [4.69, 9.17) is 4.98 Å². The molecule has 18 aromatic carbocycles. The molecule has 113 heavy (non-hydrogen) atoms. The topological polar surface area (TPSA) is 26.0 Å². The van der Waals surface area contributed by atoms with Gasteiger partial charge in [0.15, 0.2) is 0 Å². The third-order valence-corrected chi connectivity index (χ3v) is 24.4. The zero-order valence-corrected chi connectivity index (χ0v) is 62.3. The minimum Gasteiger partial charge on any atom is -0.310 e. The Morgan fingerprint density at radius 2 is 0.655 bits per heavy atom. The average Bonchev–Trinajstić information content (AvgIpc) is 1.50. The van der Waals surface area contributed by atoms with Crippen molar-refractivity contribution in [3.63, 3.8) is 0 Å². The van der Waals surface area contributed by atoms with Crippen molar-refractivity contribution in [1.29, 1.82) is 0 Å². The van der Waals surface area contributed by atoms with Crippen molar-refractivity contribution in [3.8, 4) is 78.1 Å². The summed E-state index contributed by atoms with van der Waals surface area (Å²) in [6.45, 7) is 2.17. The normalized spacial score (nSPS) is 13.8. The molecule has 4 nitrogen and oxygen atoms in total. The second kappa shape index (κ2) is 26.4. The molecule has 0 saturated heterocycles. The van der Waals surface area contributed by atoms with Gasteiger partial charge < -0.3 is 9.47 Å². The number of para-hydroxylation sites is 5. The third kappa shape index (κ3) is 9.99. The summed E-state index contributed by atoms with van der Waals surface area (Å²) in [5, 5.41) is 7.61. The standard InChI is InChI=1S/C68H44N2.C41H30N2/c1-4-19-45(20-5-1)46-35-37-49(38-36-46)69(50-39-41-54-52-25-10-13-29-58(52)67(62(54)43-50,47-21-6-2-7-22-47)48-23-8-3-9-24-48)51-40-42-55-53-26-11-14-30-59(53)68(63(55)44-51)60-31-15-17-34-65(60)70-64-33-16-12-27-56(64)57-28-18-32-61(68)66(57)70;1-2-39-42-37-18-10-11-19-38(37)43(39)32-26-24-31(25-27-32)41-35-16-8-6-14-33(35)40(34-15-7-9-17-36(34)41)30-22-20-29(21-23-30)28-12-4-3-5-13-28/h1-44H;3-27H,2H2,1H3. The van der Waals surface area contributed by atoms with Gasteiger partial charge in [-0.25, -0.2) is 4.98 Å². The highest BCUT2D eigenvalue weighted by molar-refractivity contribution is 6.21. The van der Waals surface area contributed by atoms with E-state index in [-0.39, 0.29) is 0 Å². The molecule has 0 bridgehead atoms. The molecule has 0 N–H and O–H groups in total. The van der Waals surface area contributed by atoms with E-state index >= 15 is 0 Å². The number of aromatic nitrogens is 3. The van der Waals surface area contributed by atoms with Crippen LogP contribution in [0.2, 0.25) is 0 Å². The van der Waals surface area contributed by atoms with Crippen molar-refractivity contribution in [2.45, 2.75) is 24.2 Å². The molecule has 3 aliphatic rings. The number of hydrogen-bond acceptors (Lipinski definition) is 2. The lowest BCUT2D eigenvalue weighted by molar-refractivity contribution is 0.748. The summed E-state index contributed by atoms with van der Waals surface area (Å²) < 4.78 is 4.82. The molecule has 0 saturated carbocycles. The number of rotatable bonds is 11. The van der Waals surface area contributed by atoms with Crippen molar-refractivity contribution in [3.05, 3.63) is 469 Å². The summed E-state index contributed by atoms with van der Waals surface area (Å²) in [6.07, 6.45) is 0.875. The zero-order chi connectivity index (χ0) is 74.7. The first-order valence-corrected chi connectivity index (χ1v) is 39.4. The number of nitrogens with zero attached hydrogens (tertiary/aromatic N) is 4. The quantitative estimate of drug-likeness (QED) is 0.121. The number of aryl methyl sites for hydroxylation is 1. The average molecular weight is 1440 g/mol. The van der Waals surface area contributed by atoms with Crippen LogP contribution < -0.4 is 4.90 Å². The Morgan fingerprint density at radius 1 is 0.265 bits per heavy atom. The number of imidazole rings is 1. The van der Waals surface area contributed by atoms with Crippen LogP contribution in [-0.4, -0.2) is 14.1 Å². The monoisotopic (exact) mass is 1440 g/mol. The molecule has 4 heteroatoms. The minimum atomic E-state index is -0.583. The Kier molecular flexibility index (Phi) is 15.3. The Labute approximate surface area is 657 Å². The van der Waals surface area contributed by atoms with E-state index in [0.29, 0.717) is 0 Å². The number of fused-ring (bicyclic) bond motifs is 18. The van der Waals surface area contributed by atoms with Gasteiger partial charge in [0.25, 0.3) is 0 Å². The van der Waals surface area contributed by atoms with Crippen molar-refractivity contribution in [2.75, 3.05) is 4.90 Å². The van der Waals surface area contributed by atoms with Crippen LogP contribution in [0.4, 0.5) is 17.1 Å². The molecule has 0 radical (unpaired) electrons. The Bertz CT molecular complexity index is 7020. The minimum absolute atomic E-state index is 0.542. The summed E-state index contributed by atoms with van der Waals surface area (Å²) in [6, 6.07) is 155. The zero-order valence-electron chi connectivity index (χ0n) is 62.3. The molecular formula is C109H74N4. The predicted molar refractivity (Wildman–Crippen MR) is 471 cm³/mol. The maximum Gasteiger partial charge on any atom is 0.114 e. The van der Waals surface area contributed by atoms with Crippen LogP contribution in [-0.2, 0) is 17.3 Å². The van der Waals surface area contributed by atoms with Crippen molar-refractivity contribution in [1.82, 2.24) is 14.1 Å². The van der Waals surface area contributed by atoms with Crippen LogP contribution >= 0.6 is 0 Å². The van der Waals surface area contributed by atoms with Gasteiger partial charge in [-0.3, -0.25) is 4.57 Å². The summed E-state index contributed by atoms with van der Waals surface area (Å²) >= 11 is 0. The van der Waals surface area contributed by atoms with Gasteiger partial charge in [-0.2, -0.15) is 0 Å². The summed E-state index contributed by atoms with van der Waals surface area (Å²) in [7, 11) is 0. The first-order chi connectivity index (χ1) is 56.0. The highest BCUT2D eigenvalue weighted by Crippen LogP contribution is 2.63. The van der Waals surface area contributed by atoms with Gasteiger partial charge in [0, 0.05) is 39.9 Å². The van der Waals surface area contributed by atoms with E-state index < -0.39 is 10.8 Å². The fourth-order valence-corrected chi connectivity index (χ4v) is 19.7. The van der Waals surface area contributed by atoms with Gasteiger partial charge in [0.1, 0.15) is 5.82 Å². The first-order valence-electron chi connectivity index (χ1n) is 39.4. The third-order valence-electron chi connectivity index (χ3n) is 24.4. The van der Waals surface area contributed by atoms with Crippen molar-refractivity contribution >= 4 is 71.4 Å². The molecule has 2 aliphatic carbocycles. The smallest absolute Gasteiger partial charge is 0.114 e. The van der Waals surface area contributed by atoms with E-state index in [0.717, 1.165) is 46.0 Å². The molecule has 0 amide bonds. The molecule has 3 heterocycles. The van der Waals surface area contributed by atoms with E-state index in [1.54, 1.807) is 0 Å².